The van der Waals surface area contributed by atoms with Gasteiger partial charge in [-0.3, -0.25) is 0 Å². The summed E-state index contributed by atoms with van der Waals surface area (Å²) in [4.78, 5) is 3.21. The fourth-order valence-corrected chi connectivity index (χ4v) is 1.96. The Labute approximate surface area is 70.1 Å². The number of nitrogens with one attached hydrogen (secondary N) is 2. The summed E-state index contributed by atoms with van der Waals surface area (Å²) >= 11 is 1.78. The second-order valence-electron chi connectivity index (χ2n) is 2.68. The molecule has 1 atom stereocenters. The topological polar surface area (TPSA) is 27.8 Å². The Kier molecular flexibility index (Phi) is 1.46. The van der Waals surface area contributed by atoms with Gasteiger partial charge in [0.2, 0.25) is 0 Å². The van der Waals surface area contributed by atoms with E-state index in [2.05, 4.69) is 28.7 Å². The van der Waals surface area contributed by atoms with Crippen molar-refractivity contribution in [2.24, 2.45) is 0 Å². The number of H-pyrrole nitrogens is 1. The van der Waals surface area contributed by atoms with Crippen molar-refractivity contribution in [3.8, 4) is 0 Å². The molecule has 2 heterocycles. The minimum atomic E-state index is 0.0174. The van der Waals surface area contributed by atoms with Crippen LogP contribution in [0.5, 0.6) is 0 Å². The van der Waals surface area contributed by atoms with Crippen LogP contribution in [0, 0.1) is 0 Å². The lowest BCUT2D eigenvalue weighted by Crippen LogP contribution is -2.28. The third kappa shape index (κ3) is 1.05. The molecule has 1 aromatic heterocycles. The zero-order valence-electron chi connectivity index (χ0n) is 6.29. The molecule has 1 aromatic rings. The molecule has 0 saturated carbocycles. The fraction of sp³-hybridized carbons (Fsp3) is 0.250. The lowest BCUT2D eigenvalue weighted by molar-refractivity contribution is 0.615. The molecule has 2 N–H and O–H groups in total. The van der Waals surface area contributed by atoms with Crippen LogP contribution in [-0.4, -0.2) is 4.98 Å². The lowest BCUT2D eigenvalue weighted by atomic mass is 10.2. The SMILES string of the molecule is CC1(c2ccc[nH]2)NC=CS1. The van der Waals surface area contributed by atoms with Crippen LogP contribution in [0.1, 0.15) is 12.6 Å². The monoisotopic (exact) mass is 166 g/mol. The lowest BCUT2D eigenvalue weighted by Gasteiger charge is -2.22. The van der Waals surface area contributed by atoms with Gasteiger partial charge in [-0.1, -0.05) is 11.8 Å². The van der Waals surface area contributed by atoms with E-state index in [4.69, 9.17) is 0 Å². The van der Waals surface area contributed by atoms with Crippen molar-refractivity contribution < 1.29 is 0 Å². The first-order chi connectivity index (χ1) is 5.31. The summed E-state index contributed by atoms with van der Waals surface area (Å²) in [6.07, 6.45) is 3.92. The number of aromatic amines is 1. The summed E-state index contributed by atoms with van der Waals surface area (Å²) < 4.78 is 0. The molecule has 0 fully saturated rings. The third-order valence-electron chi connectivity index (χ3n) is 1.84. The van der Waals surface area contributed by atoms with Gasteiger partial charge in [-0.05, 0) is 24.5 Å². The largest absolute Gasteiger partial charge is 0.371 e. The number of aromatic nitrogens is 1. The van der Waals surface area contributed by atoms with Crippen LogP contribution in [0.3, 0.4) is 0 Å². The summed E-state index contributed by atoms with van der Waals surface area (Å²) in [6, 6.07) is 4.11. The van der Waals surface area contributed by atoms with Gasteiger partial charge in [0.15, 0.2) is 0 Å². The number of hydrogen-bond acceptors (Lipinski definition) is 2. The van der Waals surface area contributed by atoms with Crippen LogP contribution in [0.25, 0.3) is 0 Å². The van der Waals surface area contributed by atoms with Crippen LogP contribution in [0.2, 0.25) is 0 Å². The van der Waals surface area contributed by atoms with E-state index < -0.39 is 0 Å². The van der Waals surface area contributed by atoms with E-state index in [1.807, 2.05) is 18.5 Å². The van der Waals surface area contributed by atoms with Gasteiger partial charge >= 0.3 is 0 Å². The molecule has 1 aliphatic heterocycles. The van der Waals surface area contributed by atoms with E-state index in [0.717, 1.165) is 0 Å². The molecule has 58 valence electrons. The first kappa shape index (κ1) is 6.85. The van der Waals surface area contributed by atoms with Crippen molar-refractivity contribution in [2.45, 2.75) is 11.8 Å². The quantitative estimate of drug-likeness (QED) is 0.667. The second-order valence-corrected chi connectivity index (χ2v) is 4.01. The first-order valence-corrected chi connectivity index (χ1v) is 4.44. The predicted molar refractivity (Wildman–Crippen MR) is 48.0 cm³/mol. The zero-order valence-corrected chi connectivity index (χ0v) is 7.11. The second kappa shape index (κ2) is 2.34. The molecule has 0 aromatic carbocycles. The molecule has 0 saturated heterocycles. The van der Waals surface area contributed by atoms with Crippen molar-refractivity contribution >= 4 is 11.8 Å². The number of rotatable bonds is 1. The van der Waals surface area contributed by atoms with Crippen molar-refractivity contribution in [2.75, 3.05) is 0 Å². The van der Waals surface area contributed by atoms with Crippen LogP contribution < -0.4 is 5.32 Å². The predicted octanol–water partition coefficient (Wildman–Crippen LogP) is 1.99. The van der Waals surface area contributed by atoms with E-state index in [9.17, 15) is 0 Å². The molecule has 3 heteroatoms. The van der Waals surface area contributed by atoms with E-state index >= 15 is 0 Å². The highest BCUT2D eigenvalue weighted by Gasteiger charge is 2.28. The molecule has 0 amide bonds. The Hall–Kier alpha value is -0.830. The average Bonchev–Trinajstić information content (AvgIpc) is 2.55. The maximum Gasteiger partial charge on any atom is 0.125 e. The summed E-state index contributed by atoms with van der Waals surface area (Å²) in [6.45, 7) is 2.16. The summed E-state index contributed by atoms with van der Waals surface area (Å²) in [5.74, 6) is 0. The summed E-state index contributed by atoms with van der Waals surface area (Å²) in [5.41, 5.74) is 1.22. The standard InChI is InChI=1S/C8H10N2S/c1-8(10-5-6-11-8)7-3-2-4-9-7/h2-6,9-10H,1H3. The summed E-state index contributed by atoms with van der Waals surface area (Å²) in [5, 5.41) is 5.36. The van der Waals surface area contributed by atoms with Gasteiger partial charge in [-0.15, -0.1) is 0 Å². The molecule has 0 bridgehead atoms. The van der Waals surface area contributed by atoms with Crippen LogP contribution >= 0.6 is 11.8 Å². The van der Waals surface area contributed by atoms with Crippen molar-refractivity contribution in [3.63, 3.8) is 0 Å². The first-order valence-electron chi connectivity index (χ1n) is 3.56. The molecule has 0 aliphatic carbocycles. The molecule has 1 unspecified atom stereocenters. The third-order valence-corrected chi connectivity index (χ3v) is 2.92. The number of thioether (sulfide) groups is 1. The zero-order chi connectivity index (χ0) is 7.73. The molecule has 1 aliphatic rings. The van der Waals surface area contributed by atoms with Crippen LogP contribution in [-0.2, 0) is 4.87 Å². The Morgan fingerprint density at radius 3 is 3.00 bits per heavy atom. The molecule has 11 heavy (non-hydrogen) atoms. The van der Waals surface area contributed by atoms with Gasteiger partial charge in [0.05, 0.1) is 5.69 Å². The Bertz CT molecular complexity index is 256. The van der Waals surface area contributed by atoms with Crippen LogP contribution in [0.4, 0.5) is 0 Å². The molecule has 0 spiro atoms. The smallest absolute Gasteiger partial charge is 0.125 e. The van der Waals surface area contributed by atoms with E-state index in [1.165, 1.54) is 5.69 Å². The van der Waals surface area contributed by atoms with Gasteiger partial charge in [-0.2, -0.15) is 0 Å². The maximum absolute atomic E-state index is 3.29. The van der Waals surface area contributed by atoms with Crippen molar-refractivity contribution in [1.29, 1.82) is 0 Å². The Morgan fingerprint density at radius 2 is 2.45 bits per heavy atom. The minimum absolute atomic E-state index is 0.0174. The van der Waals surface area contributed by atoms with Crippen molar-refractivity contribution in [3.05, 3.63) is 35.6 Å². The molecular weight excluding hydrogens is 156 g/mol. The highest BCUT2D eigenvalue weighted by atomic mass is 32.2. The van der Waals surface area contributed by atoms with Gasteiger partial charge in [0.25, 0.3) is 0 Å². The summed E-state index contributed by atoms with van der Waals surface area (Å²) in [7, 11) is 0. The highest BCUT2D eigenvalue weighted by Crippen LogP contribution is 2.36. The molecule has 2 rings (SSSR count). The van der Waals surface area contributed by atoms with Gasteiger partial charge in [0.1, 0.15) is 4.87 Å². The Balaban J connectivity index is 2.29. The fourth-order valence-electron chi connectivity index (χ4n) is 1.17. The van der Waals surface area contributed by atoms with Crippen molar-refractivity contribution in [1.82, 2.24) is 10.3 Å². The molecule has 0 radical (unpaired) electrons. The van der Waals surface area contributed by atoms with E-state index in [-0.39, 0.29) is 4.87 Å². The van der Waals surface area contributed by atoms with E-state index in [1.54, 1.807) is 11.8 Å². The van der Waals surface area contributed by atoms with Crippen LogP contribution in [0.15, 0.2) is 29.9 Å². The van der Waals surface area contributed by atoms with E-state index in [0.29, 0.717) is 0 Å². The Morgan fingerprint density at radius 1 is 1.55 bits per heavy atom. The molecular formula is C8H10N2S. The van der Waals surface area contributed by atoms with Gasteiger partial charge < -0.3 is 10.3 Å². The molecule has 2 nitrogen and oxygen atoms in total. The average molecular weight is 166 g/mol. The highest BCUT2D eigenvalue weighted by molar-refractivity contribution is 8.03. The number of hydrogen-bond donors (Lipinski definition) is 2. The van der Waals surface area contributed by atoms with Gasteiger partial charge in [-0.25, -0.2) is 0 Å². The maximum atomic E-state index is 3.29. The minimum Gasteiger partial charge on any atom is -0.371 e. The van der Waals surface area contributed by atoms with Gasteiger partial charge in [0, 0.05) is 12.4 Å². The normalized spacial score (nSPS) is 28.8.